The smallest absolute Gasteiger partial charge is 0.311 e. The van der Waals surface area contributed by atoms with Crippen molar-refractivity contribution in [3.63, 3.8) is 0 Å². The van der Waals surface area contributed by atoms with Gasteiger partial charge in [0.05, 0.1) is 24.3 Å². The zero-order valence-corrected chi connectivity index (χ0v) is 14.5. The minimum atomic E-state index is -1.03. The molecule has 2 unspecified atom stereocenters. The summed E-state index contributed by atoms with van der Waals surface area (Å²) in [4.78, 5) is 24.1. The van der Waals surface area contributed by atoms with Crippen molar-refractivity contribution < 1.29 is 24.2 Å². The number of nitrogens with one attached hydrogen (secondary N) is 1. The van der Waals surface area contributed by atoms with E-state index in [1.807, 2.05) is 18.2 Å². The molecule has 3 rings (SSSR count). The number of rotatable bonds is 6. The first-order chi connectivity index (χ1) is 12.6. The average Bonchev–Trinajstić information content (AvgIpc) is 2.66. The van der Waals surface area contributed by atoms with Gasteiger partial charge in [-0.15, -0.1) is 0 Å². The Morgan fingerprint density at radius 1 is 1.23 bits per heavy atom. The minimum absolute atomic E-state index is 0.0771. The van der Waals surface area contributed by atoms with E-state index in [4.69, 9.17) is 9.47 Å². The Bertz CT molecular complexity index is 790. The van der Waals surface area contributed by atoms with Gasteiger partial charge in [0.1, 0.15) is 5.75 Å². The van der Waals surface area contributed by atoms with Gasteiger partial charge in [-0.2, -0.15) is 0 Å². The maximum absolute atomic E-state index is 12.5. The normalized spacial score (nSPS) is 16.9. The summed E-state index contributed by atoms with van der Waals surface area (Å²) in [5.74, 6) is -1.72. The molecule has 6 nitrogen and oxygen atoms in total. The van der Waals surface area contributed by atoms with E-state index in [1.54, 1.807) is 37.4 Å². The zero-order valence-electron chi connectivity index (χ0n) is 14.5. The van der Waals surface area contributed by atoms with E-state index in [-0.39, 0.29) is 18.4 Å². The van der Waals surface area contributed by atoms with Crippen LogP contribution < -0.4 is 10.1 Å². The van der Waals surface area contributed by atoms with Crippen molar-refractivity contribution in [1.82, 2.24) is 0 Å². The van der Waals surface area contributed by atoms with Crippen molar-refractivity contribution in [1.29, 1.82) is 0 Å². The Hall–Kier alpha value is -2.86. The summed E-state index contributed by atoms with van der Waals surface area (Å²) in [6.45, 7) is 0.500. The molecule has 2 N–H and O–H groups in total. The molecule has 2 atom stereocenters. The molecule has 1 aliphatic rings. The molecule has 0 aromatic heterocycles. The second-order valence-electron chi connectivity index (χ2n) is 6.14. The van der Waals surface area contributed by atoms with Gasteiger partial charge < -0.3 is 19.9 Å². The van der Waals surface area contributed by atoms with Gasteiger partial charge in [-0.3, -0.25) is 9.59 Å². The number of carboxylic acids is 1. The van der Waals surface area contributed by atoms with Gasteiger partial charge >= 0.3 is 5.97 Å². The summed E-state index contributed by atoms with van der Waals surface area (Å²) in [6.07, 6.45) is 0.513. The standard InChI is InChI=1S/C20H21NO5/c1-25-17-10-11-26-19-14(17)8-5-9-16(19)21-18(22)12-15(20(23)24)13-6-3-2-4-7-13/h2-9,15,17H,10-12H2,1H3,(H,21,22)(H,23,24). The van der Waals surface area contributed by atoms with Gasteiger partial charge in [-0.1, -0.05) is 42.5 Å². The Morgan fingerprint density at radius 2 is 2.00 bits per heavy atom. The number of ether oxygens (including phenoxy) is 2. The third-order valence-electron chi connectivity index (χ3n) is 4.47. The summed E-state index contributed by atoms with van der Waals surface area (Å²) < 4.78 is 11.2. The number of benzene rings is 2. The average molecular weight is 355 g/mol. The highest BCUT2D eigenvalue weighted by Crippen LogP contribution is 2.39. The van der Waals surface area contributed by atoms with Crippen LogP contribution in [0.3, 0.4) is 0 Å². The number of hydrogen-bond donors (Lipinski definition) is 2. The molecule has 1 heterocycles. The van der Waals surface area contributed by atoms with Crippen LogP contribution in [0.5, 0.6) is 5.75 Å². The topological polar surface area (TPSA) is 84.9 Å². The first kappa shape index (κ1) is 17.9. The molecule has 2 aromatic carbocycles. The number of para-hydroxylation sites is 1. The molecular weight excluding hydrogens is 334 g/mol. The van der Waals surface area contributed by atoms with Gasteiger partial charge in [0.15, 0.2) is 0 Å². The Balaban J connectivity index is 1.77. The molecule has 136 valence electrons. The van der Waals surface area contributed by atoms with Crippen LogP contribution in [0.1, 0.15) is 36.0 Å². The van der Waals surface area contributed by atoms with Crippen molar-refractivity contribution >= 4 is 17.6 Å². The zero-order chi connectivity index (χ0) is 18.5. The minimum Gasteiger partial charge on any atom is -0.491 e. The highest BCUT2D eigenvalue weighted by atomic mass is 16.5. The number of carbonyl (C=O) groups is 2. The Labute approximate surface area is 151 Å². The van der Waals surface area contributed by atoms with Crippen LogP contribution >= 0.6 is 0 Å². The summed E-state index contributed by atoms with van der Waals surface area (Å²) in [6, 6.07) is 14.2. The predicted octanol–water partition coefficient (Wildman–Crippen LogP) is 3.35. The lowest BCUT2D eigenvalue weighted by Crippen LogP contribution is -2.22. The van der Waals surface area contributed by atoms with Gasteiger partial charge in [0, 0.05) is 25.5 Å². The molecule has 0 saturated heterocycles. The maximum Gasteiger partial charge on any atom is 0.311 e. The molecule has 6 heteroatoms. The number of methoxy groups -OCH3 is 1. The van der Waals surface area contributed by atoms with Crippen LogP contribution in [0.2, 0.25) is 0 Å². The van der Waals surface area contributed by atoms with Crippen LogP contribution in [0, 0.1) is 0 Å². The van der Waals surface area contributed by atoms with E-state index in [1.165, 1.54) is 0 Å². The summed E-state index contributed by atoms with van der Waals surface area (Å²) >= 11 is 0. The third-order valence-corrected chi connectivity index (χ3v) is 4.47. The highest BCUT2D eigenvalue weighted by molar-refractivity contribution is 5.96. The summed E-state index contributed by atoms with van der Waals surface area (Å²) in [7, 11) is 1.64. The molecule has 26 heavy (non-hydrogen) atoms. The molecule has 1 amide bonds. The van der Waals surface area contributed by atoms with Crippen molar-refractivity contribution in [2.75, 3.05) is 19.0 Å². The SMILES string of the molecule is COC1CCOc2c(NC(=O)CC(C(=O)O)c3ccccc3)cccc21. The molecule has 0 fully saturated rings. The van der Waals surface area contributed by atoms with Crippen molar-refractivity contribution in [3.05, 3.63) is 59.7 Å². The van der Waals surface area contributed by atoms with E-state index in [2.05, 4.69) is 5.32 Å². The fraction of sp³-hybridized carbons (Fsp3) is 0.300. The Morgan fingerprint density at radius 3 is 2.69 bits per heavy atom. The number of aliphatic carboxylic acids is 1. The van der Waals surface area contributed by atoms with E-state index in [0.29, 0.717) is 23.6 Å². The van der Waals surface area contributed by atoms with Crippen molar-refractivity contribution in [2.24, 2.45) is 0 Å². The van der Waals surface area contributed by atoms with Crippen molar-refractivity contribution in [2.45, 2.75) is 24.9 Å². The highest BCUT2D eigenvalue weighted by Gasteiger charge is 2.26. The van der Waals surface area contributed by atoms with Crippen molar-refractivity contribution in [3.8, 4) is 5.75 Å². The molecule has 2 aromatic rings. The molecule has 0 saturated carbocycles. The lowest BCUT2D eigenvalue weighted by Gasteiger charge is -2.26. The number of carbonyl (C=O) groups excluding carboxylic acids is 1. The third kappa shape index (κ3) is 3.86. The molecule has 0 bridgehead atoms. The van der Waals surface area contributed by atoms with E-state index < -0.39 is 11.9 Å². The second-order valence-corrected chi connectivity index (χ2v) is 6.14. The van der Waals surface area contributed by atoms with Gasteiger partial charge in [0.2, 0.25) is 5.91 Å². The van der Waals surface area contributed by atoms with Crippen LogP contribution in [-0.4, -0.2) is 30.7 Å². The molecule has 1 aliphatic heterocycles. The fourth-order valence-corrected chi connectivity index (χ4v) is 3.16. The lowest BCUT2D eigenvalue weighted by atomic mass is 9.95. The quantitative estimate of drug-likeness (QED) is 0.830. The first-order valence-corrected chi connectivity index (χ1v) is 8.46. The van der Waals surface area contributed by atoms with E-state index >= 15 is 0 Å². The first-order valence-electron chi connectivity index (χ1n) is 8.46. The summed E-state index contributed by atoms with van der Waals surface area (Å²) in [5, 5.41) is 12.3. The van der Waals surface area contributed by atoms with Crippen LogP contribution in [0.4, 0.5) is 5.69 Å². The monoisotopic (exact) mass is 355 g/mol. The van der Waals surface area contributed by atoms with E-state index in [9.17, 15) is 14.7 Å². The molecule has 0 aliphatic carbocycles. The van der Waals surface area contributed by atoms with E-state index in [0.717, 1.165) is 12.0 Å². The fourth-order valence-electron chi connectivity index (χ4n) is 3.16. The molecular formula is C20H21NO5. The predicted molar refractivity (Wildman–Crippen MR) is 96.4 cm³/mol. The van der Waals surface area contributed by atoms with Crippen LogP contribution in [-0.2, 0) is 14.3 Å². The number of hydrogen-bond acceptors (Lipinski definition) is 4. The van der Waals surface area contributed by atoms with Gasteiger partial charge in [-0.05, 0) is 11.6 Å². The van der Waals surface area contributed by atoms with Gasteiger partial charge in [0.25, 0.3) is 0 Å². The maximum atomic E-state index is 12.5. The lowest BCUT2D eigenvalue weighted by molar-refractivity contribution is -0.140. The molecule has 0 spiro atoms. The second kappa shape index (κ2) is 8.01. The number of carboxylic acid groups (broad SMARTS) is 1. The number of fused-ring (bicyclic) bond motifs is 1. The van der Waals surface area contributed by atoms with Crippen LogP contribution in [0.25, 0.3) is 0 Å². The molecule has 0 radical (unpaired) electrons. The number of anilines is 1. The summed E-state index contributed by atoms with van der Waals surface area (Å²) in [5.41, 5.74) is 2.02. The largest absolute Gasteiger partial charge is 0.491 e. The Kier molecular flexibility index (Phi) is 5.53. The number of amides is 1. The van der Waals surface area contributed by atoms with Crippen LogP contribution in [0.15, 0.2) is 48.5 Å². The van der Waals surface area contributed by atoms with Gasteiger partial charge in [-0.25, -0.2) is 0 Å².